The number of ether oxygens (including phenoxy) is 2. The molecule has 110 valence electrons. The van der Waals surface area contributed by atoms with E-state index < -0.39 is 5.92 Å². The third kappa shape index (κ3) is 2.86. The van der Waals surface area contributed by atoms with Crippen molar-refractivity contribution in [3.63, 3.8) is 0 Å². The van der Waals surface area contributed by atoms with Gasteiger partial charge in [-0.15, -0.1) is 0 Å². The van der Waals surface area contributed by atoms with Gasteiger partial charge >= 0.3 is 0 Å². The van der Waals surface area contributed by atoms with Crippen molar-refractivity contribution in [2.75, 3.05) is 6.79 Å². The minimum Gasteiger partial charge on any atom is -0.454 e. The van der Waals surface area contributed by atoms with Gasteiger partial charge in [0.25, 0.3) is 0 Å². The molecule has 1 N–H and O–H groups in total. The molecule has 0 bridgehead atoms. The first-order valence-corrected chi connectivity index (χ1v) is 6.89. The first-order chi connectivity index (χ1) is 10.8. The number of amides is 1. The average molecular weight is 294 g/mol. The zero-order valence-corrected chi connectivity index (χ0v) is 11.8. The van der Waals surface area contributed by atoms with E-state index in [0.29, 0.717) is 23.6 Å². The van der Waals surface area contributed by atoms with Crippen LogP contribution in [0.3, 0.4) is 0 Å². The van der Waals surface area contributed by atoms with Gasteiger partial charge in [-0.2, -0.15) is 5.26 Å². The van der Waals surface area contributed by atoms with Crippen LogP contribution in [0.5, 0.6) is 11.5 Å². The number of rotatable bonds is 4. The number of benzene rings is 2. The maximum absolute atomic E-state index is 12.2. The molecule has 5 nitrogen and oxygen atoms in total. The Kier molecular flexibility index (Phi) is 3.92. The van der Waals surface area contributed by atoms with Gasteiger partial charge < -0.3 is 14.8 Å². The van der Waals surface area contributed by atoms with Gasteiger partial charge in [0.1, 0.15) is 5.92 Å². The highest BCUT2D eigenvalue weighted by molar-refractivity contribution is 5.86. The van der Waals surface area contributed by atoms with E-state index in [1.807, 2.05) is 42.5 Å². The SMILES string of the molecule is N#C[C@@H](C(=O)NCc1ccc2c(c1)OCO2)c1ccccc1. The van der Waals surface area contributed by atoms with E-state index in [0.717, 1.165) is 5.56 Å². The van der Waals surface area contributed by atoms with E-state index >= 15 is 0 Å². The predicted octanol–water partition coefficient (Wildman–Crippen LogP) is 2.34. The van der Waals surface area contributed by atoms with Crippen LogP contribution in [-0.4, -0.2) is 12.7 Å². The predicted molar refractivity (Wildman–Crippen MR) is 79.2 cm³/mol. The fourth-order valence-electron chi connectivity index (χ4n) is 2.27. The highest BCUT2D eigenvalue weighted by Crippen LogP contribution is 2.32. The van der Waals surface area contributed by atoms with Crippen molar-refractivity contribution >= 4 is 5.91 Å². The van der Waals surface area contributed by atoms with Gasteiger partial charge in [-0.05, 0) is 23.3 Å². The van der Waals surface area contributed by atoms with E-state index in [1.165, 1.54) is 0 Å². The number of fused-ring (bicyclic) bond motifs is 1. The molecule has 22 heavy (non-hydrogen) atoms. The van der Waals surface area contributed by atoms with Crippen LogP contribution in [0.25, 0.3) is 0 Å². The van der Waals surface area contributed by atoms with Crippen LogP contribution in [0.2, 0.25) is 0 Å². The number of nitrogens with zero attached hydrogens (tertiary/aromatic N) is 1. The molecule has 0 saturated heterocycles. The molecule has 0 radical (unpaired) electrons. The van der Waals surface area contributed by atoms with Crippen LogP contribution in [-0.2, 0) is 11.3 Å². The number of hydrogen-bond donors (Lipinski definition) is 1. The molecule has 1 heterocycles. The summed E-state index contributed by atoms with van der Waals surface area (Å²) in [6, 6.07) is 16.5. The summed E-state index contributed by atoms with van der Waals surface area (Å²) >= 11 is 0. The summed E-state index contributed by atoms with van der Waals surface area (Å²) in [6.45, 7) is 0.552. The molecule has 0 saturated carbocycles. The van der Waals surface area contributed by atoms with Crippen LogP contribution in [0.1, 0.15) is 17.0 Å². The van der Waals surface area contributed by atoms with Crippen molar-refractivity contribution in [2.24, 2.45) is 0 Å². The van der Waals surface area contributed by atoms with E-state index in [9.17, 15) is 10.1 Å². The molecule has 0 aliphatic carbocycles. The fraction of sp³-hybridized carbons (Fsp3) is 0.176. The molecule has 2 aromatic carbocycles. The second-order valence-corrected chi connectivity index (χ2v) is 4.88. The summed E-state index contributed by atoms with van der Waals surface area (Å²) in [5.41, 5.74) is 1.58. The molecule has 5 heteroatoms. The Bertz CT molecular complexity index is 722. The smallest absolute Gasteiger partial charge is 0.242 e. The number of nitrogens with one attached hydrogen (secondary N) is 1. The normalized spacial score (nSPS) is 13.2. The monoisotopic (exact) mass is 294 g/mol. The third-order valence-electron chi connectivity index (χ3n) is 3.43. The van der Waals surface area contributed by atoms with Crippen molar-refractivity contribution in [3.8, 4) is 17.6 Å². The standard InChI is InChI=1S/C17H14N2O3/c18-9-14(13-4-2-1-3-5-13)17(20)19-10-12-6-7-15-16(8-12)22-11-21-15/h1-8,14H,10-11H2,(H,19,20)/t14-/m1/s1. The third-order valence-corrected chi connectivity index (χ3v) is 3.43. The maximum Gasteiger partial charge on any atom is 0.242 e. The highest BCUT2D eigenvalue weighted by Gasteiger charge is 2.20. The molecule has 1 aliphatic heterocycles. The summed E-state index contributed by atoms with van der Waals surface area (Å²) < 4.78 is 10.5. The van der Waals surface area contributed by atoms with Crippen LogP contribution < -0.4 is 14.8 Å². The van der Waals surface area contributed by atoms with Crippen LogP contribution in [0.4, 0.5) is 0 Å². The van der Waals surface area contributed by atoms with Gasteiger partial charge in [-0.1, -0.05) is 36.4 Å². The maximum atomic E-state index is 12.2. The number of nitriles is 1. The number of carbonyl (C=O) groups is 1. The molecule has 0 aromatic heterocycles. The topological polar surface area (TPSA) is 71.4 Å². The van der Waals surface area contributed by atoms with Crippen molar-refractivity contribution in [3.05, 3.63) is 59.7 Å². The van der Waals surface area contributed by atoms with Crippen LogP contribution >= 0.6 is 0 Å². The zero-order valence-electron chi connectivity index (χ0n) is 11.8. The fourth-order valence-corrected chi connectivity index (χ4v) is 2.27. The Morgan fingerprint density at radius 3 is 2.73 bits per heavy atom. The largest absolute Gasteiger partial charge is 0.454 e. The summed E-state index contributed by atoms with van der Waals surface area (Å²) in [5, 5.41) is 12.0. The van der Waals surface area contributed by atoms with E-state index in [4.69, 9.17) is 9.47 Å². The van der Waals surface area contributed by atoms with Gasteiger partial charge in [0.2, 0.25) is 12.7 Å². The quantitative estimate of drug-likeness (QED) is 0.939. The lowest BCUT2D eigenvalue weighted by atomic mass is 10.00. The molecule has 1 aliphatic rings. The Morgan fingerprint density at radius 2 is 1.95 bits per heavy atom. The van der Waals surface area contributed by atoms with E-state index in [-0.39, 0.29) is 12.7 Å². The minimum absolute atomic E-state index is 0.218. The zero-order chi connectivity index (χ0) is 15.4. The van der Waals surface area contributed by atoms with Gasteiger partial charge in [0.05, 0.1) is 6.07 Å². The van der Waals surface area contributed by atoms with Crippen LogP contribution in [0, 0.1) is 11.3 Å². The summed E-state index contributed by atoms with van der Waals surface area (Å²) in [6.07, 6.45) is 0. The molecule has 0 unspecified atom stereocenters. The van der Waals surface area contributed by atoms with Gasteiger partial charge in [-0.3, -0.25) is 4.79 Å². The van der Waals surface area contributed by atoms with E-state index in [1.54, 1.807) is 12.1 Å². The second-order valence-electron chi connectivity index (χ2n) is 4.88. The lowest BCUT2D eigenvalue weighted by molar-refractivity contribution is -0.121. The number of hydrogen-bond acceptors (Lipinski definition) is 4. The van der Waals surface area contributed by atoms with Crippen molar-refractivity contribution in [1.29, 1.82) is 5.26 Å². The van der Waals surface area contributed by atoms with Gasteiger partial charge in [0.15, 0.2) is 11.5 Å². The Labute approximate surface area is 128 Å². The van der Waals surface area contributed by atoms with Gasteiger partial charge in [-0.25, -0.2) is 0 Å². The highest BCUT2D eigenvalue weighted by atomic mass is 16.7. The molecule has 0 fully saturated rings. The van der Waals surface area contributed by atoms with Crippen molar-refractivity contribution in [2.45, 2.75) is 12.5 Å². The minimum atomic E-state index is -0.810. The molecule has 2 aromatic rings. The Balaban J connectivity index is 1.66. The van der Waals surface area contributed by atoms with Crippen molar-refractivity contribution in [1.82, 2.24) is 5.32 Å². The molecule has 3 rings (SSSR count). The first-order valence-electron chi connectivity index (χ1n) is 6.89. The lowest BCUT2D eigenvalue weighted by Gasteiger charge is -2.11. The summed E-state index contributed by atoms with van der Waals surface area (Å²) in [7, 11) is 0. The molecule has 1 amide bonds. The van der Waals surface area contributed by atoms with Crippen molar-refractivity contribution < 1.29 is 14.3 Å². The molecule has 1 atom stereocenters. The molecule has 0 spiro atoms. The lowest BCUT2D eigenvalue weighted by Crippen LogP contribution is -2.28. The molecular weight excluding hydrogens is 280 g/mol. The summed E-state index contributed by atoms with van der Waals surface area (Å²) in [5.74, 6) is 0.252. The molecular formula is C17H14N2O3. The Hall–Kier alpha value is -3.00. The first kappa shape index (κ1) is 14.0. The summed E-state index contributed by atoms with van der Waals surface area (Å²) in [4.78, 5) is 12.2. The Morgan fingerprint density at radius 1 is 1.18 bits per heavy atom. The average Bonchev–Trinajstić information content (AvgIpc) is 3.02. The van der Waals surface area contributed by atoms with Crippen LogP contribution in [0.15, 0.2) is 48.5 Å². The van der Waals surface area contributed by atoms with E-state index in [2.05, 4.69) is 5.32 Å². The second kappa shape index (κ2) is 6.19. The van der Waals surface area contributed by atoms with Gasteiger partial charge in [0, 0.05) is 6.54 Å². The number of carbonyl (C=O) groups excluding carboxylic acids is 1.